The molecule has 2 aliphatic rings. The van der Waals surface area contributed by atoms with Crippen LogP contribution in [0.4, 0.5) is 0 Å². The molecule has 0 spiro atoms. The molecule has 4 nitrogen and oxygen atoms in total. The fraction of sp³-hybridized carbons (Fsp3) is 0.625. The van der Waals surface area contributed by atoms with Crippen LogP contribution in [-0.4, -0.2) is 33.0 Å². The summed E-state index contributed by atoms with van der Waals surface area (Å²) in [5.41, 5.74) is 1.24. The lowest BCUT2D eigenvalue weighted by atomic mass is 10.1. The highest BCUT2D eigenvalue weighted by Crippen LogP contribution is 2.29. The monoisotopic (exact) mass is 277 g/mol. The van der Waals surface area contributed by atoms with Gasteiger partial charge in [-0.3, -0.25) is 0 Å². The molecule has 1 heterocycles. The molecule has 4 heteroatoms. The van der Waals surface area contributed by atoms with Gasteiger partial charge in [0.15, 0.2) is 11.5 Å². The quantitative estimate of drug-likeness (QED) is 0.830. The van der Waals surface area contributed by atoms with Gasteiger partial charge in [0.1, 0.15) is 0 Å². The fourth-order valence-corrected chi connectivity index (χ4v) is 2.41. The van der Waals surface area contributed by atoms with E-state index in [0.29, 0.717) is 12.5 Å². The maximum Gasteiger partial charge on any atom is 0.161 e. The lowest BCUT2D eigenvalue weighted by molar-refractivity contribution is 0.165. The van der Waals surface area contributed by atoms with Crippen molar-refractivity contribution in [2.24, 2.45) is 5.92 Å². The Hall–Kier alpha value is -1.26. The van der Waals surface area contributed by atoms with Crippen molar-refractivity contribution in [2.45, 2.75) is 31.8 Å². The molecular weight excluding hydrogens is 254 g/mol. The topological polar surface area (TPSA) is 39.7 Å². The third kappa shape index (κ3) is 3.64. The number of rotatable bonds is 7. The Balaban J connectivity index is 1.57. The summed E-state index contributed by atoms with van der Waals surface area (Å²) in [7, 11) is 1.69. The van der Waals surface area contributed by atoms with E-state index in [1.165, 1.54) is 18.4 Å². The first-order chi connectivity index (χ1) is 9.85. The zero-order valence-corrected chi connectivity index (χ0v) is 12.1. The molecule has 1 aliphatic carbocycles. The molecule has 20 heavy (non-hydrogen) atoms. The number of nitrogens with one attached hydrogen (secondary N) is 1. The molecule has 0 bridgehead atoms. The Labute approximate surface area is 120 Å². The van der Waals surface area contributed by atoms with E-state index in [1.54, 1.807) is 7.11 Å². The lowest BCUT2D eigenvalue weighted by Crippen LogP contribution is -2.15. The highest BCUT2D eigenvalue weighted by molar-refractivity contribution is 5.43. The summed E-state index contributed by atoms with van der Waals surface area (Å²) in [6.07, 6.45) is 3.70. The minimum absolute atomic E-state index is 0.510. The van der Waals surface area contributed by atoms with Crippen molar-refractivity contribution in [2.75, 3.05) is 26.9 Å². The van der Waals surface area contributed by atoms with Crippen molar-refractivity contribution in [1.82, 2.24) is 5.32 Å². The van der Waals surface area contributed by atoms with Gasteiger partial charge in [0.2, 0.25) is 0 Å². The van der Waals surface area contributed by atoms with E-state index in [0.717, 1.165) is 43.7 Å². The maximum atomic E-state index is 5.88. The minimum Gasteiger partial charge on any atom is -0.493 e. The van der Waals surface area contributed by atoms with Crippen molar-refractivity contribution in [3.63, 3.8) is 0 Å². The molecule has 110 valence electrons. The molecule has 1 saturated heterocycles. The molecule has 3 rings (SSSR count). The number of hydrogen-bond donors (Lipinski definition) is 1. The van der Waals surface area contributed by atoms with Crippen LogP contribution >= 0.6 is 0 Å². The second kappa shape index (κ2) is 6.46. The van der Waals surface area contributed by atoms with E-state index in [9.17, 15) is 0 Å². The van der Waals surface area contributed by atoms with E-state index >= 15 is 0 Å². The van der Waals surface area contributed by atoms with E-state index in [-0.39, 0.29) is 0 Å². The average molecular weight is 277 g/mol. The zero-order chi connectivity index (χ0) is 13.8. The largest absolute Gasteiger partial charge is 0.493 e. The molecule has 2 fully saturated rings. The van der Waals surface area contributed by atoms with E-state index < -0.39 is 0 Å². The Bertz CT molecular complexity index is 439. The summed E-state index contributed by atoms with van der Waals surface area (Å²) in [5, 5.41) is 3.51. The number of hydrogen-bond acceptors (Lipinski definition) is 4. The van der Waals surface area contributed by atoms with Crippen molar-refractivity contribution in [3.8, 4) is 11.5 Å². The third-order valence-corrected chi connectivity index (χ3v) is 3.90. The molecule has 1 aliphatic heterocycles. The molecule has 0 radical (unpaired) electrons. The van der Waals surface area contributed by atoms with Gasteiger partial charge in [-0.1, -0.05) is 6.07 Å². The van der Waals surface area contributed by atoms with Gasteiger partial charge in [-0.25, -0.2) is 0 Å². The Morgan fingerprint density at radius 3 is 2.85 bits per heavy atom. The zero-order valence-electron chi connectivity index (χ0n) is 12.1. The predicted octanol–water partition coefficient (Wildman–Crippen LogP) is 2.36. The Morgan fingerprint density at radius 1 is 1.25 bits per heavy atom. The summed E-state index contributed by atoms with van der Waals surface area (Å²) in [6, 6.07) is 6.91. The van der Waals surface area contributed by atoms with Crippen LogP contribution in [0, 0.1) is 5.92 Å². The van der Waals surface area contributed by atoms with Gasteiger partial charge in [-0.05, 0) is 37.0 Å². The first-order valence-electron chi connectivity index (χ1n) is 7.46. The lowest BCUT2D eigenvalue weighted by Gasteiger charge is -2.14. The van der Waals surface area contributed by atoms with Gasteiger partial charge >= 0.3 is 0 Å². The number of methoxy groups -OCH3 is 1. The SMILES string of the molecule is COc1cc(CNC2CC2)ccc1OCC1CCOC1. The van der Waals surface area contributed by atoms with Gasteiger partial charge in [-0.2, -0.15) is 0 Å². The molecule has 1 N–H and O–H groups in total. The van der Waals surface area contributed by atoms with Crippen LogP contribution in [0.3, 0.4) is 0 Å². The van der Waals surface area contributed by atoms with Crippen molar-refractivity contribution in [1.29, 1.82) is 0 Å². The molecule has 1 aromatic carbocycles. The van der Waals surface area contributed by atoms with Crippen LogP contribution < -0.4 is 14.8 Å². The van der Waals surface area contributed by atoms with Crippen LogP contribution in [0.2, 0.25) is 0 Å². The van der Waals surface area contributed by atoms with Gasteiger partial charge in [0.05, 0.1) is 20.3 Å². The minimum atomic E-state index is 0.510. The Morgan fingerprint density at radius 2 is 2.15 bits per heavy atom. The van der Waals surface area contributed by atoms with Gasteiger partial charge in [0, 0.05) is 25.1 Å². The fourth-order valence-electron chi connectivity index (χ4n) is 2.41. The first-order valence-corrected chi connectivity index (χ1v) is 7.46. The predicted molar refractivity (Wildman–Crippen MR) is 77.3 cm³/mol. The highest BCUT2D eigenvalue weighted by atomic mass is 16.5. The standard InChI is InChI=1S/C16H23NO3/c1-18-16-8-12(9-17-14-3-4-14)2-5-15(16)20-11-13-6-7-19-10-13/h2,5,8,13-14,17H,3-4,6-7,9-11H2,1H3. The second-order valence-corrected chi connectivity index (χ2v) is 5.68. The van der Waals surface area contributed by atoms with E-state index in [1.807, 2.05) is 6.07 Å². The van der Waals surface area contributed by atoms with Crippen LogP contribution in [0.25, 0.3) is 0 Å². The summed E-state index contributed by atoms with van der Waals surface area (Å²) >= 11 is 0. The van der Waals surface area contributed by atoms with Crippen LogP contribution in [0.15, 0.2) is 18.2 Å². The van der Waals surface area contributed by atoms with Gasteiger partial charge in [0.25, 0.3) is 0 Å². The van der Waals surface area contributed by atoms with Crippen LogP contribution in [-0.2, 0) is 11.3 Å². The van der Waals surface area contributed by atoms with Crippen LogP contribution in [0.5, 0.6) is 11.5 Å². The summed E-state index contributed by atoms with van der Waals surface area (Å²) in [4.78, 5) is 0. The third-order valence-electron chi connectivity index (χ3n) is 3.90. The highest BCUT2D eigenvalue weighted by Gasteiger charge is 2.20. The van der Waals surface area contributed by atoms with Crippen LogP contribution in [0.1, 0.15) is 24.8 Å². The van der Waals surface area contributed by atoms with Crippen molar-refractivity contribution in [3.05, 3.63) is 23.8 Å². The van der Waals surface area contributed by atoms with Gasteiger partial charge in [-0.15, -0.1) is 0 Å². The number of ether oxygens (including phenoxy) is 3. The van der Waals surface area contributed by atoms with Gasteiger partial charge < -0.3 is 19.5 Å². The van der Waals surface area contributed by atoms with E-state index in [4.69, 9.17) is 14.2 Å². The average Bonchev–Trinajstić information content (AvgIpc) is 3.17. The summed E-state index contributed by atoms with van der Waals surface area (Å²) in [6.45, 7) is 3.27. The van der Waals surface area contributed by atoms with Crippen molar-refractivity contribution < 1.29 is 14.2 Å². The molecular formula is C16H23NO3. The molecule has 1 saturated carbocycles. The normalized spacial score (nSPS) is 21.9. The molecule has 0 amide bonds. The smallest absolute Gasteiger partial charge is 0.161 e. The second-order valence-electron chi connectivity index (χ2n) is 5.68. The first kappa shape index (κ1) is 13.7. The number of benzene rings is 1. The summed E-state index contributed by atoms with van der Waals surface area (Å²) < 4.78 is 16.7. The molecule has 1 unspecified atom stereocenters. The molecule has 0 aromatic heterocycles. The maximum absolute atomic E-state index is 5.88. The summed E-state index contributed by atoms with van der Waals surface area (Å²) in [5.74, 6) is 2.16. The molecule has 1 atom stereocenters. The van der Waals surface area contributed by atoms with Crippen molar-refractivity contribution >= 4 is 0 Å². The van der Waals surface area contributed by atoms with E-state index in [2.05, 4.69) is 17.4 Å². The molecule has 1 aromatic rings. The Kier molecular flexibility index (Phi) is 4.43.